The van der Waals surface area contributed by atoms with Gasteiger partial charge in [0.15, 0.2) is 0 Å². The predicted octanol–water partition coefficient (Wildman–Crippen LogP) is 3.77. The topological polar surface area (TPSA) is 63.9 Å². The SMILES string of the molecule is C[C@H](Sc1nnnn1-c1ccc(Cl)cc1)C(=O)N1c2ccccc2C[C@H]1C. The second-order valence-corrected chi connectivity index (χ2v) is 8.24. The van der Waals surface area contributed by atoms with Crippen LogP contribution < -0.4 is 4.90 Å². The van der Waals surface area contributed by atoms with Crippen LogP contribution >= 0.6 is 23.4 Å². The molecule has 0 fully saturated rings. The predicted molar refractivity (Wildman–Crippen MR) is 107 cm³/mol. The summed E-state index contributed by atoms with van der Waals surface area (Å²) in [7, 11) is 0. The van der Waals surface area contributed by atoms with Crippen LogP contribution in [-0.2, 0) is 11.2 Å². The van der Waals surface area contributed by atoms with Crippen LogP contribution in [0.4, 0.5) is 5.69 Å². The third-order valence-corrected chi connectivity index (χ3v) is 5.86. The molecule has 6 nitrogen and oxygen atoms in total. The minimum atomic E-state index is -0.323. The van der Waals surface area contributed by atoms with Crippen molar-refractivity contribution in [3.05, 3.63) is 59.1 Å². The van der Waals surface area contributed by atoms with E-state index in [1.807, 2.05) is 42.2 Å². The van der Waals surface area contributed by atoms with E-state index < -0.39 is 0 Å². The number of hydrogen-bond acceptors (Lipinski definition) is 5. The van der Waals surface area contributed by atoms with Crippen LogP contribution in [0, 0.1) is 0 Å². The van der Waals surface area contributed by atoms with Crippen LogP contribution in [-0.4, -0.2) is 37.4 Å². The van der Waals surface area contributed by atoms with Gasteiger partial charge in [-0.05, 0) is 66.6 Å². The zero-order valence-corrected chi connectivity index (χ0v) is 16.5. The number of amides is 1. The highest BCUT2D eigenvalue weighted by Gasteiger charge is 2.34. The number of nitrogens with zero attached hydrogens (tertiary/aromatic N) is 5. The molecule has 0 saturated heterocycles. The number of carbonyl (C=O) groups is 1. The van der Waals surface area contributed by atoms with Crippen molar-refractivity contribution in [2.75, 3.05) is 4.90 Å². The van der Waals surface area contributed by atoms with Crippen molar-refractivity contribution >= 4 is 35.0 Å². The standard InChI is InChI=1S/C19H18ClN5OS/c1-12-11-14-5-3-4-6-17(14)24(12)18(26)13(2)27-19-21-22-23-25(19)16-9-7-15(20)8-10-16/h3-10,12-13H,11H2,1-2H3/t12-,13+/m1/s1. The number of para-hydroxylation sites is 1. The van der Waals surface area contributed by atoms with Gasteiger partial charge in [0.25, 0.3) is 0 Å². The van der Waals surface area contributed by atoms with Crippen molar-refractivity contribution < 1.29 is 4.79 Å². The van der Waals surface area contributed by atoms with Gasteiger partial charge >= 0.3 is 0 Å². The van der Waals surface area contributed by atoms with Gasteiger partial charge in [-0.1, -0.05) is 41.6 Å². The van der Waals surface area contributed by atoms with Crippen molar-refractivity contribution in [2.24, 2.45) is 0 Å². The molecule has 0 unspecified atom stereocenters. The van der Waals surface area contributed by atoms with Crippen molar-refractivity contribution in [1.29, 1.82) is 0 Å². The number of rotatable bonds is 4. The third-order valence-electron chi connectivity index (χ3n) is 4.59. The zero-order chi connectivity index (χ0) is 19.0. The molecule has 3 aromatic rings. The van der Waals surface area contributed by atoms with Crippen LogP contribution in [0.25, 0.3) is 5.69 Å². The van der Waals surface area contributed by atoms with E-state index in [0.717, 1.165) is 17.8 Å². The van der Waals surface area contributed by atoms with E-state index in [1.165, 1.54) is 17.3 Å². The number of hydrogen-bond donors (Lipinski definition) is 0. The van der Waals surface area contributed by atoms with Crippen LogP contribution in [0.15, 0.2) is 53.7 Å². The van der Waals surface area contributed by atoms with E-state index in [0.29, 0.717) is 10.2 Å². The van der Waals surface area contributed by atoms with Crippen LogP contribution in [0.1, 0.15) is 19.4 Å². The van der Waals surface area contributed by atoms with Gasteiger partial charge in [0.2, 0.25) is 11.1 Å². The molecule has 2 aromatic carbocycles. The number of halogens is 1. The lowest BCUT2D eigenvalue weighted by molar-refractivity contribution is -0.118. The van der Waals surface area contributed by atoms with Crippen LogP contribution in [0.2, 0.25) is 5.02 Å². The van der Waals surface area contributed by atoms with Gasteiger partial charge in [-0.3, -0.25) is 4.79 Å². The summed E-state index contributed by atoms with van der Waals surface area (Å²) in [5.41, 5.74) is 3.01. The molecule has 1 aromatic heterocycles. The third kappa shape index (κ3) is 3.44. The number of anilines is 1. The van der Waals surface area contributed by atoms with Gasteiger partial charge in [-0.25, -0.2) is 0 Å². The van der Waals surface area contributed by atoms with E-state index in [1.54, 1.807) is 16.8 Å². The van der Waals surface area contributed by atoms with Crippen LogP contribution in [0.3, 0.4) is 0 Å². The first kappa shape index (κ1) is 18.0. The molecule has 0 saturated carbocycles. The summed E-state index contributed by atoms with van der Waals surface area (Å²) in [6, 6.07) is 15.5. The molecule has 1 amide bonds. The maximum atomic E-state index is 13.1. The quantitative estimate of drug-likeness (QED) is 0.625. The van der Waals surface area contributed by atoms with E-state index in [4.69, 9.17) is 11.6 Å². The first-order valence-corrected chi connectivity index (χ1v) is 9.92. The number of thioether (sulfide) groups is 1. The number of benzene rings is 2. The molecule has 1 aliphatic rings. The first-order chi connectivity index (χ1) is 13.0. The Morgan fingerprint density at radius 3 is 2.74 bits per heavy atom. The Morgan fingerprint density at radius 1 is 1.22 bits per heavy atom. The second-order valence-electron chi connectivity index (χ2n) is 6.50. The normalized spacial score (nSPS) is 17.0. The van der Waals surface area contributed by atoms with Crippen molar-refractivity contribution in [1.82, 2.24) is 20.2 Å². The molecule has 0 N–H and O–H groups in total. The monoisotopic (exact) mass is 399 g/mol. The fourth-order valence-corrected chi connectivity index (χ4v) is 4.28. The summed E-state index contributed by atoms with van der Waals surface area (Å²) < 4.78 is 1.62. The molecular weight excluding hydrogens is 382 g/mol. The molecule has 0 aliphatic carbocycles. The smallest absolute Gasteiger partial charge is 0.240 e. The van der Waals surface area contributed by atoms with Crippen LogP contribution in [0.5, 0.6) is 0 Å². The van der Waals surface area contributed by atoms with E-state index in [9.17, 15) is 4.79 Å². The largest absolute Gasteiger partial charge is 0.308 e. The van der Waals surface area contributed by atoms with Crippen molar-refractivity contribution in [3.8, 4) is 5.69 Å². The number of tetrazole rings is 1. The molecule has 0 bridgehead atoms. The number of aromatic nitrogens is 4. The van der Waals surface area contributed by atoms with Crippen molar-refractivity contribution in [2.45, 2.75) is 36.7 Å². The molecule has 2 heterocycles. The highest BCUT2D eigenvalue weighted by molar-refractivity contribution is 8.00. The Bertz CT molecular complexity index is 974. The lowest BCUT2D eigenvalue weighted by atomic mass is 10.1. The number of carbonyl (C=O) groups excluding carboxylic acids is 1. The van der Waals surface area contributed by atoms with E-state index in [2.05, 4.69) is 28.5 Å². The summed E-state index contributed by atoms with van der Waals surface area (Å²) >= 11 is 7.30. The Morgan fingerprint density at radius 2 is 1.96 bits per heavy atom. The molecule has 8 heteroatoms. The second kappa shape index (κ2) is 7.32. The molecule has 2 atom stereocenters. The maximum absolute atomic E-state index is 13.1. The minimum absolute atomic E-state index is 0.0584. The fraction of sp³-hybridized carbons (Fsp3) is 0.263. The Kier molecular flexibility index (Phi) is 4.88. The molecule has 0 spiro atoms. The van der Waals surface area contributed by atoms with Crippen molar-refractivity contribution in [3.63, 3.8) is 0 Å². The Balaban J connectivity index is 1.55. The molecule has 27 heavy (non-hydrogen) atoms. The lowest BCUT2D eigenvalue weighted by Gasteiger charge is -2.25. The summed E-state index contributed by atoms with van der Waals surface area (Å²) in [6.45, 7) is 3.97. The highest BCUT2D eigenvalue weighted by atomic mass is 35.5. The Hall–Kier alpha value is -2.38. The summed E-state index contributed by atoms with van der Waals surface area (Å²) in [5, 5.41) is 12.8. The fourth-order valence-electron chi connectivity index (χ4n) is 3.30. The number of fused-ring (bicyclic) bond motifs is 1. The van der Waals surface area contributed by atoms with Gasteiger partial charge in [0.1, 0.15) is 0 Å². The molecular formula is C19H18ClN5OS. The van der Waals surface area contributed by atoms with Gasteiger partial charge in [0.05, 0.1) is 10.9 Å². The Labute approximate surface area is 166 Å². The molecule has 0 radical (unpaired) electrons. The minimum Gasteiger partial charge on any atom is -0.308 e. The van der Waals surface area contributed by atoms with Gasteiger partial charge in [-0.15, -0.1) is 5.10 Å². The zero-order valence-electron chi connectivity index (χ0n) is 14.9. The van der Waals surface area contributed by atoms with Gasteiger partial charge in [-0.2, -0.15) is 4.68 Å². The van der Waals surface area contributed by atoms with Gasteiger partial charge < -0.3 is 4.90 Å². The summed E-state index contributed by atoms with van der Waals surface area (Å²) in [6.07, 6.45) is 0.877. The summed E-state index contributed by atoms with van der Waals surface area (Å²) in [4.78, 5) is 15.0. The van der Waals surface area contributed by atoms with E-state index >= 15 is 0 Å². The molecule has 138 valence electrons. The average Bonchev–Trinajstić information content (AvgIpc) is 3.25. The average molecular weight is 400 g/mol. The highest BCUT2D eigenvalue weighted by Crippen LogP contribution is 2.34. The molecule has 1 aliphatic heterocycles. The van der Waals surface area contributed by atoms with Gasteiger partial charge in [0, 0.05) is 16.8 Å². The van der Waals surface area contributed by atoms with E-state index in [-0.39, 0.29) is 17.2 Å². The lowest BCUT2D eigenvalue weighted by Crippen LogP contribution is -2.40. The first-order valence-electron chi connectivity index (χ1n) is 8.66. The molecule has 4 rings (SSSR count). The summed E-state index contributed by atoms with van der Waals surface area (Å²) in [5.74, 6) is 0.0584. The maximum Gasteiger partial charge on any atom is 0.240 e.